The molecule has 30 heavy (non-hydrogen) atoms. The molecule has 1 aliphatic heterocycles. The summed E-state index contributed by atoms with van der Waals surface area (Å²) in [5, 5.41) is 0. The first kappa shape index (κ1) is 20.3. The SMILES string of the molecule is CCC1(C)c2cc3c(cc2-c2cccc[n+]2C1(C)CC)C1(CCCC1)CCC3(C)C. The highest BCUT2D eigenvalue weighted by molar-refractivity contribution is 5.69. The summed E-state index contributed by atoms with van der Waals surface area (Å²) in [6.07, 6.45) is 12.9. The lowest BCUT2D eigenvalue weighted by Crippen LogP contribution is -2.67. The molecule has 0 amide bonds. The Morgan fingerprint density at radius 2 is 1.53 bits per heavy atom. The minimum absolute atomic E-state index is 0.0867. The maximum absolute atomic E-state index is 2.69. The van der Waals surface area contributed by atoms with Crippen molar-refractivity contribution >= 4 is 0 Å². The molecule has 1 heteroatoms. The number of fused-ring (bicyclic) bond motifs is 5. The van der Waals surface area contributed by atoms with Crippen molar-refractivity contribution in [2.45, 2.75) is 115 Å². The average Bonchev–Trinajstić information content (AvgIpc) is 3.24. The van der Waals surface area contributed by atoms with Crippen LogP contribution in [0.1, 0.15) is 110 Å². The van der Waals surface area contributed by atoms with Crippen LogP contribution in [0.15, 0.2) is 36.5 Å². The van der Waals surface area contributed by atoms with E-state index in [4.69, 9.17) is 0 Å². The largest absolute Gasteiger partial charge is 0.213 e. The van der Waals surface area contributed by atoms with Crippen LogP contribution in [0.3, 0.4) is 0 Å². The third-order valence-electron chi connectivity index (χ3n) is 10.1. The van der Waals surface area contributed by atoms with Crippen molar-refractivity contribution in [1.29, 1.82) is 0 Å². The molecular formula is C29H40N+. The number of nitrogens with zero attached hydrogens (tertiary/aromatic N) is 1. The van der Waals surface area contributed by atoms with Gasteiger partial charge in [-0.3, -0.25) is 0 Å². The van der Waals surface area contributed by atoms with E-state index in [0.29, 0.717) is 5.41 Å². The molecule has 2 aliphatic carbocycles. The lowest BCUT2D eigenvalue weighted by atomic mass is 9.56. The molecule has 1 fully saturated rings. The summed E-state index contributed by atoms with van der Waals surface area (Å²) in [6, 6.07) is 12.2. The van der Waals surface area contributed by atoms with Gasteiger partial charge < -0.3 is 0 Å². The van der Waals surface area contributed by atoms with Crippen LogP contribution < -0.4 is 4.57 Å². The molecule has 2 unspecified atom stereocenters. The predicted molar refractivity (Wildman–Crippen MR) is 126 cm³/mol. The highest BCUT2D eigenvalue weighted by Gasteiger charge is 2.57. The van der Waals surface area contributed by atoms with E-state index in [2.05, 4.69) is 82.6 Å². The fraction of sp³-hybridized carbons (Fsp3) is 0.621. The van der Waals surface area contributed by atoms with E-state index >= 15 is 0 Å². The van der Waals surface area contributed by atoms with Gasteiger partial charge in [0.1, 0.15) is 0 Å². The van der Waals surface area contributed by atoms with Gasteiger partial charge in [-0.2, -0.15) is 4.57 Å². The van der Waals surface area contributed by atoms with Crippen LogP contribution in [-0.2, 0) is 21.8 Å². The first-order valence-corrected chi connectivity index (χ1v) is 12.4. The molecule has 1 saturated carbocycles. The Bertz CT molecular complexity index is 993. The Kier molecular flexibility index (Phi) is 4.35. The van der Waals surface area contributed by atoms with Gasteiger partial charge in [0.2, 0.25) is 5.69 Å². The third kappa shape index (κ3) is 2.38. The van der Waals surface area contributed by atoms with E-state index in [1.54, 1.807) is 16.7 Å². The maximum Gasteiger partial charge on any atom is 0.213 e. The minimum Gasteiger partial charge on any atom is -0.192 e. The molecular weight excluding hydrogens is 362 g/mol. The molecule has 0 N–H and O–H groups in total. The summed E-state index contributed by atoms with van der Waals surface area (Å²) in [4.78, 5) is 0. The van der Waals surface area contributed by atoms with Crippen LogP contribution >= 0.6 is 0 Å². The molecule has 160 valence electrons. The number of hydrogen-bond acceptors (Lipinski definition) is 0. The zero-order chi connectivity index (χ0) is 21.4. The molecule has 1 spiro atoms. The zero-order valence-corrected chi connectivity index (χ0v) is 20.1. The van der Waals surface area contributed by atoms with Crippen molar-refractivity contribution in [2.75, 3.05) is 0 Å². The van der Waals surface area contributed by atoms with Gasteiger partial charge in [-0.1, -0.05) is 46.6 Å². The van der Waals surface area contributed by atoms with E-state index in [1.807, 2.05) is 0 Å². The molecule has 0 bridgehead atoms. The molecule has 1 aromatic heterocycles. The standard InChI is InChI=1S/C29H40N/c1-7-27(5)22-20-23-24(29(14-10-11-15-29)17-16-26(23,3)4)19-21(22)25-13-9-12-18-30(25)28(27,6)8-2/h9,12-13,18-20H,7-8,10-11,14-17H2,1-6H3/q+1. The van der Waals surface area contributed by atoms with Gasteiger partial charge in [0.05, 0.1) is 11.0 Å². The first-order chi connectivity index (χ1) is 14.2. The lowest BCUT2D eigenvalue weighted by molar-refractivity contribution is -0.765. The molecule has 1 nitrogen and oxygen atoms in total. The summed E-state index contributed by atoms with van der Waals surface area (Å²) >= 11 is 0. The Labute approximate surface area is 183 Å². The fourth-order valence-corrected chi connectivity index (χ4v) is 7.44. The molecule has 3 aliphatic rings. The number of hydrogen-bond donors (Lipinski definition) is 0. The summed E-state index contributed by atoms with van der Waals surface area (Å²) < 4.78 is 2.61. The Balaban J connectivity index is 1.87. The highest BCUT2D eigenvalue weighted by Crippen LogP contribution is 2.57. The van der Waals surface area contributed by atoms with Crippen LogP contribution in [0.25, 0.3) is 11.3 Å². The Hall–Kier alpha value is -1.63. The quantitative estimate of drug-likeness (QED) is 0.463. The molecule has 0 radical (unpaired) electrons. The van der Waals surface area contributed by atoms with Crippen LogP contribution in [0.2, 0.25) is 0 Å². The predicted octanol–water partition coefficient (Wildman–Crippen LogP) is 7.33. The van der Waals surface area contributed by atoms with E-state index in [9.17, 15) is 0 Å². The fourth-order valence-electron chi connectivity index (χ4n) is 7.44. The summed E-state index contributed by atoms with van der Waals surface area (Å²) in [6.45, 7) is 14.8. The van der Waals surface area contributed by atoms with Crippen LogP contribution in [0.4, 0.5) is 0 Å². The minimum atomic E-state index is 0.0867. The smallest absolute Gasteiger partial charge is 0.192 e. The van der Waals surface area contributed by atoms with E-state index in [0.717, 1.165) is 12.8 Å². The molecule has 5 rings (SSSR count). The molecule has 2 aromatic rings. The topological polar surface area (TPSA) is 3.88 Å². The lowest BCUT2D eigenvalue weighted by Gasteiger charge is -2.49. The van der Waals surface area contributed by atoms with Crippen molar-refractivity contribution in [1.82, 2.24) is 0 Å². The number of pyridine rings is 1. The summed E-state index contributed by atoms with van der Waals surface area (Å²) in [7, 11) is 0. The van der Waals surface area contributed by atoms with Gasteiger partial charge in [-0.15, -0.1) is 0 Å². The molecule has 1 aromatic carbocycles. The number of rotatable bonds is 2. The summed E-state index contributed by atoms with van der Waals surface area (Å²) in [5.74, 6) is 0. The van der Waals surface area contributed by atoms with E-state index in [-0.39, 0.29) is 16.4 Å². The second kappa shape index (κ2) is 6.44. The second-order valence-corrected chi connectivity index (χ2v) is 11.6. The van der Waals surface area contributed by atoms with Gasteiger partial charge in [0.15, 0.2) is 11.7 Å². The zero-order valence-electron chi connectivity index (χ0n) is 20.1. The molecule has 0 saturated heterocycles. The van der Waals surface area contributed by atoms with Crippen molar-refractivity contribution in [3.05, 3.63) is 53.2 Å². The van der Waals surface area contributed by atoms with Gasteiger partial charge in [-0.05, 0) is 78.7 Å². The highest BCUT2D eigenvalue weighted by atomic mass is 15.1. The van der Waals surface area contributed by atoms with Gasteiger partial charge in [-0.25, -0.2) is 0 Å². The average molecular weight is 403 g/mol. The normalized spacial score (nSPS) is 30.6. The van der Waals surface area contributed by atoms with Gasteiger partial charge in [0.25, 0.3) is 0 Å². The van der Waals surface area contributed by atoms with Gasteiger partial charge >= 0.3 is 0 Å². The van der Waals surface area contributed by atoms with E-state index < -0.39 is 0 Å². The van der Waals surface area contributed by atoms with E-state index in [1.165, 1.54) is 49.8 Å². The molecule has 2 heterocycles. The summed E-state index contributed by atoms with van der Waals surface area (Å²) in [5.41, 5.74) is 8.82. The molecule has 2 atom stereocenters. The van der Waals surface area contributed by atoms with Gasteiger partial charge in [0, 0.05) is 25.5 Å². The third-order valence-corrected chi connectivity index (χ3v) is 10.1. The number of aromatic nitrogens is 1. The maximum atomic E-state index is 2.69. The van der Waals surface area contributed by atoms with Crippen LogP contribution in [0, 0.1) is 0 Å². The Morgan fingerprint density at radius 1 is 0.800 bits per heavy atom. The Morgan fingerprint density at radius 3 is 2.20 bits per heavy atom. The second-order valence-electron chi connectivity index (χ2n) is 11.6. The van der Waals surface area contributed by atoms with Crippen LogP contribution in [0.5, 0.6) is 0 Å². The van der Waals surface area contributed by atoms with Crippen LogP contribution in [-0.4, -0.2) is 0 Å². The first-order valence-electron chi connectivity index (χ1n) is 12.4. The van der Waals surface area contributed by atoms with Crippen molar-refractivity contribution in [3.8, 4) is 11.3 Å². The van der Waals surface area contributed by atoms with Crippen molar-refractivity contribution < 1.29 is 4.57 Å². The monoisotopic (exact) mass is 402 g/mol. The van der Waals surface area contributed by atoms with Crippen molar-refractivity contribution in [3.63, 3.8) is 0 Å². The number of benzene rings is 1. The van der Waals surface area contributed by atoms with Crippen molar-refractivity contribution in [2.24, 2.45) is 0 Å².